The lowest BCUT2D eigenvalue weighted by molar-refractivity contribution is 0.311. The molecular weight excluding hydrogens is 272 g/mol. The Kier molecular flexibility index (Phi) is 4.50. The van der Waals surface area contributed by atoms with Crippen LogP contribution in [-0.2, 0) is 0 Å². The Labute approximate surface area is 116 Å². The molecule has 1 saturated heterocycles. The molecule has 2 unspecified atom stereocenters. The van der Waals surface area contributed by atoms with Gasteiger partial charge >= 0.3 is 6.01 Å². The van der Waals surface area contributed by atoms with Gasteiger partial charge in [0, 0.05) is 23.6 Å². The van der Waals surface area contributed by atoms with Gasteiger partial charge in [-0.25, -0.2) is 0 Å². The van der Waals surface area contributed by atoms with E-state index in [1.807, 2.05) is 18.7 Å². The van der Waals surface area contributed by atoms with Crippen LogP contribution in [0.2, 0.25) is 5.28 Å². The van der Waals surface area contributed by atoms with E-state index >= 15 is 0 Å². The average Bonchev–Trinajstić information content (AvgIpc) is 2.32. The summed E-state index contributed by atoms with van der Waals surface area (Å²) in [7, 11) is 0. The highest BCUT2D eigenvalue weighted by molar-refractivity contribution is 8.00. The number of anilines is 1. The molecule has 1 aliphatic rings. The van der Waals surface area contributed by atoms with Gasteiger partial charge in [-0.15, -0.1) is 0 Å². The second kappa shape index (κ2) is 5.93. The molecule has 5 nitrogen and oxygen atoms in total. The van der Waals surface area contributed by atoms with Crippen molar-refractivity contribution in [1.29, 1.82) is 0 Å². The van der Waals surface area contributed by atoms with Crippen molar-refractivity contribution in [2.45, 2.75) is 32.1 Å². The van der Waals surface area contributed by atoms with Crippen molar-refractivity contribution < 1.29 is 4.74 Å². The molecule has 100 valence electrons. The summed E-state index contributed by atoms with van der Waals surface area (Å²) in [6, 6.07) is 0.669. The summed E-state index contributed by atoms with van der Waals surface area (Å²) in [5, 5.41) is 0.728. The second-order valence-corrected chi connectivity index (χ2v) is 5.95. The van der Waals surface area contributed by atoms with E-state index in [4.69, 9.17) is 16.3 Å². The topological polar surface area (TPSA) is 51.1 Å². The van der Waals surface area contributed by atoms with Gasteiger partial charge < -0.3 is 9.64 Å². The maximum absolute atomic E-state index is 5.91. The standard InChI is InChI=1S/C11H17ClN4OS/c1-4-17-11-14-9(12)13-10(15-11)16-5-6-18-8(3)7(16)2/h7-8H,4-6H2,1-3H3. The van der Waals surface area contributed by atoms with Crippen LogP contribution in [0.3, 0.4) is 0 Å². The Morgan fingerprint density at radius 2 is 2.17 bits per heavy atom. The van der Waals surface area contributed by atoms with Crippen LogP contribution >= 0.6 is 23.4 Å². The number of hydrogen-bond donors (Lipinski definition) is 0. The zero-order chi connectivity index (χ0) is 13.1. The molecule has 2 atom stereocenters. The van der Waals surface area contributed by atoms with Gasteiger partial charge in [0.2, 0.25) is 11.2 Å². The van der Waals surface area contributed by atoms with Crippen molar-refractivity contribution in [3.8, 4) is 6.01 Å². The lowest BCUT2D eigenvalue weighted by atomic mass is 10.2. The van der Waals surface area contributed by atoms with Crippen molar-refractivity contribution in [2.24, 2.45) is 0 Å². The number of hydrogen-bond acceptors (Lipinski definition) is 6. The molecule has 0 radical (unpaired) electrons. The average molecular weight is 289 g/mol. The molecule has 7 heteroatoms. The highest BCUT2D eigenvalue weighted by Gasteiger charge is 2.27. The highest BCUT2D eigenvalue weighted by atomic mass is 35.5. The van der Waals surface area contributed by atoms with Crippen molar-refractivity contribution in [3.05, 3.63) is 5.28 Å². The molecule has 0 N–H and O–H groups in total. The minimum atomic E-state index is 0.182. The lowest BCUT2D eigenvalue weighted by Crippen LogP contribution is -2.45. The Balaban J connectivity index is 2.26. The van der Waals surface area contributed by atoms with E-state index in [9.17, 15) is 0 Å². The molecule has 1 aliphatic heterocycles. The molecule has 18 heavy (non-hydrogen) atoms. The largest absolute Gasteiger partial charge is 0.464 e. The fourth-order valence-electron chi connectivity index (χ4n) is 1.86. The fourth-order valence-corrected chi connectivity index (χ4v) is 3.11. The number of ether oxygens (including phenoxy) is 1. The minimum absolute atomic E-state index is 0.182. The smallest absolute Gasteiger partial charge is 0.322 e. The van der Waals surface area contributed by atoms with Crippen LogP contribution in [0.1, 0.15) is 20.8 Å². The quantitative estimate of drug-likeness (QED) is 0.850. The number of nitrogens with zero attached hydrogens (tertiary/aromatic N) is 4. The van der Waals surface area contributed by atoms with Crippen LogP contribution in [0, 0.1) is 0 Å². The molecule has 0 aliphatic carbocycles. The van der Waals surface area contributed by atoms with Gasteiger partial charge in [0.05, 0.1) is 6.61 Å². The Bertz CT molecular complexity index is 420. The van der Waals surface area contributed by atoms with Gasteiger partial charge in [-0.1, -0.05) is 6.92 Å². The summed E-state index contributed by atoms with van der Waals surface area (Å²) >= 11 is 7.88. The summed E-state index contributed by atoms with van der Waals surface area (Å²) in [6.45, 7) is 7.71. The van der Waals surface area contributed by atoms with E-state index in [0.29, 0.717) is 29.9 Å². The van der Waals surface area contributed by atoms with Gasteiger partial charge in [0.25, 0.3) is 0 Å². The van der Waals surface area contributed by atoms with Crippen molar-refractivity contribution in [2.75, 3.05) is 23.8 Å². The van der Waals surface area contributed by atoms with Gasteiger partial charge in [0.15, 0.2) is 0 Å². The first-order valence-electron chi connectivity index (χ1n) is 6.04. The van der Waals surface area contributed by atoms with E-state index in [1.54, 1.807) is 0 Å². The van der Waals surface area contributed by atoms with Gasteiger partial charge in [0.1, 0.15) is 0 Å². The summed E-state index contributed by atoms with van der Waals surface area (Å²) in [4.78, 5) is 14.6. The number of halogens is 1. The zero-order valence-electron chi connectivity index (χ0n) is 10.8. The molecule has 2 heterocycles. The SMILES string of the molecule is CCOc1nc(Cl)nc(N2CCSC(C)C2C)n1. The van der Waals surface area contributed by atoms with Crippen LogP contribution in [-0.4, -0.2) is 45.1 Å². The summed E-state index contributed by atoms with van der Waals surface area (Å²) in [5.74, 6) is 1.68. The first-order valence-corrected chi connectivity index (χ1v) is 7.47. The van der Waals surface area contributed by atoms with Crippen LogP contribution < -0.4 is 9.64 Å². The minimum Gasteiger partial charge on any atom is -0.464 e. The molecule has 1 aromatic heterocycles. The molecule has 0 bridgehead atoms. The molecule has 0 aromatic carbocycles. The van der Waals surface area contributed by atoms with E-state index in [1.165, 1.54) is 0 Å². The number of thioether (sulfide) groups is 1. The summed E-state index contributed by atoms with van der Waals surface area (Å²) in [5.41, 5.74) is 0. The maximum atomic E-state index is 5.91. The highest BCUT2D eigenvalue weighted by Crippen LogP contribution is 2.28. The third-order valence-corrected chi connectivity index (χ3v) is 4.50. The normalized spacial score (nSPS) is 24.1. The second-order valence-electron chi connectivity index (χ2n) is 4.13. The summed E-state index contributed by atoms with van der Waals surface area (Å²) in [6.07, 6.45) is 0. The van der Waals surface area contributed by atoms with Gasteiger partial charge in [-0.3, -0.25) is 0 Å². The Morgan fingerprint density at radius 1 is 1.39 bits per heavy atom. The van der Waals surface area contributed by atoms with Crippen LogP contribution in [0.5, 0.6) is 6.01 Å². The third-order valence-electron chi connectivity index (χ3n) is 2.99. The van der Waals surface area contributed by atoms with E-state index in [2.05, 4.69) is 33.7 Å². The van der Waals surface area contributed by atoms with Crippen molar-refractivity contribution >= 4 is 29.3 Å². The fraction of sp³-hybridized carbons (Fsp3) is 0.727. The van der Waals surface area contributed by atoms with Crippen LogP contribution in [0.15, 0.2) is 0 Å². The van der Waals surface area contributed by atoms with E-state index in [-0.39, 0.29) is 5.28 Å². The molecular formula is C11H17ClN4OS. The predicted molar refractivity (Wildman–Crippen MR) is 74.7 cm³/mol. The van der Waals surface area contributed by atoms with E-state index in [0.717, 1.165) is 12.3 Å². The number of rotatable bonds is 3. The Hall–Kier alpha value is -0.750. The van der Waals surface area contributed by atoms with Crippen LogP contribution in [0.25, 0.3) is 0 Å². The third kappa shape index (κ3) is 2.98. The van der Waals surface area contributed by atoms with E-state index < -0.39 is 0 Å². The maximum Gasteiger partial charge on any atom is 0.322 e. The molecule has 0 spiro atoms. The first kappa shape index (κ1) is 13.7. The summed E-state index contributed by atoms with van der Waals surface area (Å²) < 4.78 is 5.30. The Morgan fingerprint density at radius 3 is 2.89 bits per heavy atom. The van der Waals surface area contributed by atoms with Crippen molar-refractivity contribution in [3.63, 3.8) is 0 Å². The molecule has 2 rings (SSSR count). The number of aromatic nitrogens is 3. The van der Waals surface area contributed by atoms with Gasteiger partial charge in [-0.05, 0) is 25.4 Å². The van der Waals surface area contributed by atoms with Crippen LogP contribution in [0.4, 0.5) is 5.95 Å². The molecule has 0 amide bonds. The predicted octanol–water partition coefficient (Wildman–Crippen LogP) is 2.25. The first-order chi connectivity index (χ1) is 8.61. The van der Waals surface area contributed by atoms with Gasteiger partial charge in [-0.2, -0.15) is 26.7 Å². The molecule has 1 fully saturated rings. The lowest BCUT2D eigenvalue weighted by Gasteiger charge is -2.37. The molecule has 0 saturated carbocycles. The monoisotopic (exact) mass is 288 g/mol. The van der Waals surface area contributed by atoms with Crippen molar-refractivity contribution in [1.82, 2.24) is 15.0 Å². The molecule has 1 aromatic rings. The zero-order valence-corrected chi connectivity index (χ0v) is 12.3.